The third kappa shape index (κ3) is 4.29. The molecule has 2 heteroatoms. The summed E-state index contributed by atoms with van der Waals surface area (Å²) in [4.78, 5) is 0. The minimum absolute atomic E-state index is 0.125. The number of benzene rings is 4. The minimum atomic E-state index is 0.125. The molecule has 4 aromatic carbocycles. The second-order valence-electron chi connectivity index (χ2n) is 13.7. The zero-order chi connectivity index (χ0) is 27.8. The first kappa shape index (κ1) is 25.9. The lowest BCUT2D eigenvalue weighted by Gasteiger charge is -2.28. The molecule has 2 nitrogen and oxygen atoms in total. The molecule has 0 bridgehead atoms. The van der Waals surface area contributed by atoms with Crippen LogP contribution in [0.5, 0.6) is 11.5 Å². The Morgan fingerprint density at radius 1 is 0.846 bits per heavy atom. The van der Waals surface area contributed by atoms with Crippen LogP contribution in [0.2, 0.25) is 0 Å². The number of pyridine rings is 1. The molecule has 0 saturated heterocycles. The average Bonchev–Trinajstić information content (AvgIpc) is 2.86. The molecular formula is C37H42NO+. The second-order valence-corrected chi connectivity index (χ2v) is 13.7. The maximum atomic E-state index is 7.06. The van der Waals surface area contributed by atoms with Gasteiger partial charge in [0.1, 0.15) is 18.5 Å². The predicted octanol–water partition coefficient (Wildman–Crippen LogP) is 9.96. The molecule has 39 heavy (non-hydrogen) atoms. The van der Waals surface area contributed by atoms with E-state index in [1.165, 1.54) is 65.8 Å². The summed E-state index contributed by atoms with van der Waals surface area (Å²) in [5, 5.41) is 7.72. The summed E-state index contributed by atoms with van der Waals surface area (Å²) in [5.41, 5.74) is 8.04. The summed E-state index contributed by atoms with van der Waals surface area (Å²) in [5.74, 6) is 3.13. The number of aromatic nitrogens is 1. The minimum Gasteiger partial charge on any atom is -0.455 e. The van der Waals surface area contributed by atoms with E-state index in [1.54, 1.807) is 0 Å². The van der Waals surface area contributed by atoms with Gasteiger partial charge in [-0.2, -0.15) is 0 Å². The van der Waals surface area contributed by atoms with Gasteiger partial charge in [0.2, 0.25) is 5.69 Å². The second kappa shape index (κ2) is 9.08. The molecule has 0 fully saturated rings. The molecule has 1 aromatic heterocycles. The van der Waals surface area contributed by atoms with Crippen molar-refractivity contribution in [3.63, 3.8) is 0 Å². The van der Waals surface area contributed by atoms with E-state index in [0.717, 1.165) is 24.3 Å². The highest BCUT2D eigenvalue weighted by atomic mass is 16.5. The van der Waals surface area contributed by atoms with Crippen LogP contribution in [0.15, 0.2) is 54.7 Å². The van der Waals surface area contributed by atoms with Crippen molar-refractivity contribution in [2.45, 2.75) is 74.1 Å². The van der Waals surface area contributed by atoms with Gasteiger partial charge in [-0.25, -0.2) is 4.57 Å². The van der Waals surface area contributed by atoms with Gasteiger partial charge in [-0.05, 0) is 81.3 Å². The lowest BCUT2D eigenvalue weighted by molar-refractivity contribution is -0.659. The molecule has 1 aliphatic rings. The van der Waals surface area contributed by atoms with E-state index in [1.807, 2.05) is 0 Å². The number of aryl methyl sites for hydroxylation is 2. The van der Waals surface area contributed by atoms with E-state index >= 15 is 0 Å². The molecule has 0 aliphatic carbocycles. The number of rotatable bonds is 4. The van der Waals surface area contributed by atoms with Crippen molar-refractivity contribution in [1.29, 1.82) is 0 Å². The highest BCUT2D eigenvalue weighted by Crippen LogP contribution is 2.53. The van der Waals surface area contributed by atoms with Gasteiger partial charge in [0.25, 0.3) is 0 Å². The topological polar surface area (TPSA) is 13.1 Å². The third-order valence-corrected chi connectivity index (χ3v) is 8.38. The van der Waals surface area contributed by atoms with Crippen LogP contribution in [0.3, 0.4) is 0 Å². The Kier molecular flexibility index (Phi) is 6.02. The summed E-state index contributed by atoms with van der Waals surface area (Å²) in [6, 6.07) is 18.6. The first-order chi connectivity index (χ1) is 18.4. The molecule has 200 valence electrons. The molecule has 1 aliphatic heterocycles. The Morgan fingerprint density at radius 3 is 2.28 bits per heavy atom. The SMILES string of the molecule is Cc1c2c(c(CC(C)(C)C)c3ccc(C(C)C)cc13)Oc1cc3cc(CC(C)C)ccc3c3cc[n+](C)c-2c13. The number of ether oxygens (including phenoxy) is 1. The van der Waals surface area contributed by atoms with Gasteiger partial charge in [-0.15, -0.1) is 0 Å². The summed E-state index contributed by atoms with van der Waals surface area (Å²) in [6.45, 7) is 18.4. The van der Waals surface area contributed by atoms with Gasteiger partial charge in [0.15, 0.2) is 6.20 Å². The van der Waals surface area contributed by atoms with Gasteiger partial charge in [0.05, 0.1) is 10.9 Å². The molecule has 2 heterocycles. The first-order valence-electron chi connectivity index (χ1n) is 14.6. The summed E-state index contributed by atoms with van der Waals surface area (Å²) >= 11 is 0. The Morgan fingerprint density at radius 2 is 1.59 bits per heavy atom. The first-order valence-corrected chi connectivity index (χ1v) is 14.6. The van der Waals surface area contributed by atoms with Crippen molar-refractivity contribution in [3.8, 4) is 22.8 Å². The molecule has 0 saturated carbocycles. The predicted molar refractivity (Wildman–Crippen MR) is 166 cm³/mol. The van der Waals surface area contributed by atoms with Crippen molar-refractivity contribution >= 4 is 32.3 Å². The van der Waals surface area contributed by atoms with Crippen molar-refractivity contribution in [2.24, 2.45) is 18.4 Å². The zero-order valence-corrected chi connectivity index (χ0v) is 25.1. The standard InChI is InChI=1S/C37H42NO/c1-21(2)16-24-10-12-27-26(17-24)19-32-34-29(27)14-15-38(9)35(34)33-23(5)30-18-25(22(3)4)11-13-28(30)31(36(33)39-32)20-37(6,7)8/h10-15,17-19,21-22H,16,20H2,1-9H3/q+1. The van der Waals surface area contributed by atoms with Crippen LogP contribution in [0.1, 0.15) is 76.6 Å². The van der Waals surface area contributed by atoms with Crippen LogP contribution in [-0.4, -0.2) is 0 Å². The fourth-order valence-corrected chi connectivity index (χ4v) is 6.58. The number of fused-ring (bicyclic) bond motifs is 5. The molecule has 0 radical (unpaired) electrons. The summed E-state index contributed by atoms with van der Waals surface area (Å²) in [7, 11) is 2.18. The lowest BCUT2D eigenvalue weighted by atomic mass is 9.81. The van der Waals surface area contributed by atoms with Crippen LogP contribution < -0.4 is 9.30 Å². The Bertz CT molecular complexity index is 1780. The van der Waals surface area contributed by atoms with Crippen LogP contribution >= 0.6 is 0 Å². The fourth-order valence-electron chi connectivity index (χ4n) is 6.58. The van der Waals surface area contributed by atoms with E-state index in [-0.39, 0.29) is 5.41 Å². The molecule has 5 aromatic rings. The van der Waals surface area contributed by atoms with E-state index in [9.17, 15) is 0 Å². The third-order valence-electron chi connectivity index (χ3n) is 8.38. The van der Waals surface area contributed by atoms with Crippen molar-refractivity contribution in [1.82, 2.24) is 0 Å². The van der Waals surface area contributed by atoms with Gasteiger partial charge in [-0.3, -0.25) is 0 Å². The molecule has 0 amide bonds. The van der Waals surface area contributed by atoms with E-state index in [0.29, 0.717) is 11.8 Å². The smallest absolute Gasteiger partial charge is 0.228 e. The Labute approximate surface area is 233 Å². The zero-order valence-electron chi connectivity index (χ0n) is 25.1. The van der Waals surface area contributed by atoms with Crippen molar-refractivity contribution in [2.75, 3.05) is 0 Å². The molecule has 0 N–H and O–H groups in total. The van der Waals surface area contributed by atoms with Crippen molar-refractivity contribution < 1.29 is 9.30 Å². The Hall–Kier alpha value is -3.39. The molecule has 6 rings (SSSR count). The van der Waals surface area contributed by atoms with Crippen LogP contribution in [0, 0.1) is 18.3 Å². The maximum absolute atomic E-state index is 7.06. The molecular weight excluding hydrogens is 474 g/mol. The largest absolute Gasteiger partial charge is 0.455 e. The van der Waals surface area contributed by atoms with Gasteiger partial charge < -0.3 is 4.74 Å². The lowest BCUT2D eigenvalue weighted by Crippen LogP contribution is -2.32. The van der Waals surface area contributed by atoms with Crippen LogP contribution in [0.4, 0.5) is 0 Å². The number of nitrogens with zero attached hydrogens (tertiary/aromatic N) is 1. The molecule has 0 unspecified atom stereocenters. The summed E-state index contributed by atoms with van der Waals surface area (Å²) < 4.78 is 9.37. The fraction of sp³-hybridized carbons (Fsp3) is 0.378. The quantitative estimate of drug-likeness (QED) is 0.168. The van der Waals surface area contributed by atoms with Gasteiger partial charge in [-0.1, -0.05) is 84.9 Å². The van der Waals surface area contributed by atoms with E-state index < -0.39 is 0 Å². The monoisotopic (exact) mass is 516 g/mol. The van der Waals surface area contributed by atoms with Crippen molar-refractivity contribution in [3.05, 3.63) is 77.0 Å². The highest BCUT2D eigenvalue weighted by Gasteiger charge is 2.34. The van der Waals surface area contributed by atoms with E-state index in [4.69, 9.17) is 4.74 Å². The average molecular weight is 517 g/mol. The van der Waals surface area contributed by atoms with Gasteiger partial charge in [0, 0.05) is 17.0 Å². The maximum Gasteiger partial charge on any atom is 0.228 e. The number of hydrogen-bond acceptors (Lipinski definition) is 1. The Balaban J connectivity index is 1.73. The normalized spacial score (nSPS) is 13.1. The van der Waals surface area contributed by atoms with Gasteiger partial charge >= 0.3 is 0 Å². The molecule has 0 atom stereocenters. The van der Waals surface area contributed by atoms with Crippen LogP contribution in [-0.2, 0) is 19.9 Å². The van der Waals surface area contributed by atoms with Crippen LogP contribution in [0.25, 0.3) is 43.6 Å². The molecule has 0 spiro atoms. The van der Waals surface area contributed by atoms with E-state index in [2.05, 4.69) is 122 Å². The number of hydrogen-bond donors (Lipinski definition) is 0. The highest BCUT2D eigenvalue weighted by molar-refractivity contribution is 6.16. The summed E-state index contributed by atoms with van der Waals surface area (Å²) in [6.07, 6.45) is 4.27.